The third-order valence-electron chi connectivity index (χ3n) is 5.38. The number of nitrogens with two attached hydrogens (primary N) is 2. The molecule has 2 aromatic heterocycles. The lowest BCUT2D eigenvalue weighted by molar-refractivity contribution is 0.100. The van der Waals surface area contributed by atoms with Crippen LogP contribution in [-0.2, 0) is 6.54 Å². The number of fused-ring (bicyclic) bond motifs is 1. The maximum absolute atomic E-state index is 14.6. The van der Waals surface area contributed by atoms with E-state index in [1.165, 1.54) is 0 Å². The molecule has 10 heteroatoms. The number of halogens is 2. The first-order valence-electron chi connectivity index (χ1n) is 10.2. The van der Waals surface area contributed by atoms with Gasteiger partial charge in [-0.3, -0.25) is 9.48 Å². The molecule has 1 saturated carbocycles. The molecule has 0 aliphatic heterocycles. The van der Waals surface area contributed by atoms with Crippen LogP contribution in [0, 0.1) is 11.7 Å². The minimum absolute atomic E-state index is 0.0143. The van der Waals surface area contributed by atoms with Gasteiger partial charge >= 0.3 is 0 Å². The number of anilines is 3. The lowest BCUT2D eigenvalue weighted by Gasteiger charge is -2.19. The van der Waals surface area contributed by atoms with Crippen molar-refractivity contribution in [2.45, 2.75) is 31.8 Å². The number of primary amides is 1. The minimum atomic E-state index is -0.800. The van der Waals surface area contributed by atoms with E-state index >= 15 is 0 Å². The minimum Gasteiger partial charge on any atom is -0.365 e. The summed E-state index contributed by atoms with van der Waals surface area (Å²) in [6.45, 7) is -0.00410. The normalized spacial score (nSPS) is 14.5. The van der Waals surface area contributed by atoms with E-state index in [9.17, 15) is 13.6 Å². The summed E-state index contributed by atoms with van der Waals surface area (Å²) in [4.78, 5) is 16.2. The second kappa shape index (κ2) is 8.84. The molecule has 1 atom stereocenters. The molecule has 0 radical (unpaired) electrons. The van der Waals surface area contributed by atoms with Crippen molar-refractivity contribution >= 4 is 34.1 Å². The van der Waals surface area contributed by atoms with Crippen LogP contribution in [0.2, 0.25) is 0 Å². The van der Waals surface area contributed by atoms with Gasteiger partial charge in [-0.15, -0.1) is 0 Å². The highest BCUT2D eigenvalue weighted by Gasteiger charge is 2.26. The Morgan fingerprint density at radius 2 is 2.10 bits per heavy atom. The second-order valence-corrected chi connectivity index (χ2v) is 7.79. The van der Waals surface area contributed by atoms with Crippen LogP contribution in [0.5, 0.6) is 0 Å². The van der Waals surface area contributed by atoms with Crippen LogP contribution in [0.3, 0.4) is 0 Å². The standard InChI is InChI=1S/C21H25F2N7O/c22-5-6-30-18-4-3-14(8-13(18)11-26-30)27-20-16(19(25)31)9-17(23)21(29-20)28-15(10-24)7-12-1-2-12/h3-4,8-9,11-12,15H,1-2,5-7,10,24H2,(H2,25,31)(H2,27,28,29)/t15-/m1/s1. The van der Waals surface area contributed by atoms with Crippen LogP contribution < -0.4 is 22.1 Å². The van der Waals surface area contributed by atoms with Gasteiger partial charge < -0.3 is 22.1 Å². The number of alkyl halides is 1. The second-order valence-electron chi connectivity index (χ2n) is 7.79. The van der Waals surface area contributed by atoms with Gasteiger partial charge in [-0.25, -0.2) is 13.8 Å². The Morgan fingerprint density at radius 1 is 1.29 bits per heavy atom. The fourth-order valence-corrected chi connectivity index (χ4v) is 3.60. The zero-order chi connectivity index (χ0) is 22.0. The van der Waals surface area contributed by atoms with Crippen LogP contribution in [-0.4, -0.2) is 39.9 Å². The molecule has 1 aromatic carbocycles. The third-order valence-corrected chi connectivity index (χ3v) is 5.38. The number of nitrogens with one attached hydrogen (secondary N) is 2. The summed E-state index contributed by atoms with van der Waals surface area (Å²) >= 11 is 0. The molecule has 8 nitrogen and oxygen atoms in total. The van der Waals surface area contributed by atoms with Crippen molar-refractivity contribution in [2.24, 2.45) is 17.4 Å². The number of hydrogen-bond donors (Lipinski definition) is 4. The Bertz CT molecular complexity index is 1100. The first-order chi connectivity index (χ1) is 15.0. The first kappa shape index (κ1) is 21.0. The monoisotopic (exact) mass is 429 g/mol. The molecule has 0 spiro atoms. The van der Waals surface area contributed by atoms with Gasteiger partial charge in [0.15, 0.2) is 11.6 Å². The zero-order valence-electron chi connectivity index (χ0n) is 16.9. The van der Waals surface area contributed by atoms with E-state index < -0.39 is 18.4 Å². The van der Waals surface area contributed by atoms with E-state index in [2.05, 4.69) is 20.7 Å². The van der Waals surface area contributed by atoms with Gasteiger partial charge in [0.2, 0.25) is 0 Å². The summed E-state index contributed by atoms with van der Waals surface area (Å²) in [5.74, 6) is -0.714. The number of aryl methyl sites for hydroxylation is 1. The van der Waals surface area contributed by atoms with E-state index in [0.29, 0.717) is 18.2 Å². The molecule has 2 heterocycles. The highest BCUT2D eigenvalue weighted by molar-refractivity contribution is 5.99. The van der Waals surface area contributed by atoms with Gasteiger partial charge in [0, 0.05) is 23.7 Å². The van der Waals surface area contributed by atoms with Crippen LogP contribution in [0.25, 0.3) is 10.9 Å². The molecule has 164 valence electrons. The highest BCUT2D eigenvalue weighted by atomic mass is 19.1. The van der Waals surface area contributed by atoms with Crippen molar-refractivity contribution < 1.29 is 13.6 Å². The van der Waals surface area contributed by atoms with Gasteiger partial charge in [0.05, 0.1) is 23.8 Å². The largest absolute Gasteiger partial charge is 0.365 e. The Balaban J connectivity index is 1.62. The topological polar surface area (TPSA) is 124 Å². The van der Waals surface area contributed by atoms with Crippen LogP contribution in [0.1, 0.15) is 29.6 Å². The average Bonchev–Trinajstić information content (AvgIpc) is 3.48. The van der Waals surface area contributed by atoms with E-state index in [1.54, 1.807) is 29.1 Å². The molecule has 1 aliphatic rings. The molecule has 1 amide bonds. The molecule has 1 aliphatic carbocycles. The molecular formula is C21H25F2N7O. The predicted octanol–water partition coefficient (Wildman–Crippen LogP) is 2.92. The Kier molecular flexibility index (Phi) is 5.99. The highest BCUT2D eigenvalue weighted by Crippen LogP contribution is 2.34. The summed E-state index contributed by atoms with van der Waals surface area (Å²) < 4.78 is 28.8. The predicted molar refractivity (Wildman–Crippen MR) is 116 cm³/mol. The summed E-state index contributed by atoms with van der Waals surface area (Å²) in [6.07, 6.45) is 4.79. The molecule has 6 N–H and O–H groups in total. The molecule has 0 unspecified atom stereocenters. The van der Waals surface area contributed by atoms with Gasteiger partial charge in [0.25, 0.3) is 5.91 Å². The number of aromatic nitrogens is 3. The SMILES string of the molecule is NC[C@@H](CC1CC1)Nc1nc(Nc2ccc3c(cnn3CCF)c2)c(C(N)=O)cc1F. The lowest BCUT2D eigenvalue weighted by atomic mass is 10.1. The number of hydrogen-bond acceptors (Lipinski definition) is 6. The van der Waals surface area contributed by atoms with Crippen molar-refractivity contribution in [1.82, 2.24) is 14.8 Å². The summed E-state index contributed by atoms with van der Waals surface area (Å²) in [5.41, 5.74) is 12.6. The maximum atomic E-state index is 14.6. The zero-order valence-corrected chi connectivity index (χ0v) is 16.9. The van der Waals surface area contributed by atoms with Gasteiger partial charge in [-0.1, -0.05) is 12.8 Å². The summed E-state index contributed by atoms with van der Waals surface area (Å²) in [7, 11) is 0. The van der Waals surface area contributed by atoms with E-state index in [-0.39, 0.29) is 29.8 Å². The number of benzene rings is 1. The van der Waals surface area contributed by atoms with Gasteiger partial charge in [-0.2, -0.15) is 5.10 Å². The summed E-state index contributed by atoms with van der Waals surface area (Å²) in [5, 5.41) is 11.0. The van der Waals surface area contributed by atoms with Crippen molar-refractivity contribution in [3.63, 3.8) is 0 Å². The summed E-state index contributed by atoms with van der Waals surface area (Å²) in [6, 6.07) is 6.28. The molecule has 31 heavy (non-hydrogen) atoms. The molecule has 4 rings (SSSR count). The number of pyridine rings is 1. The molecule has 0 saturated heterocycles. The molecular weight excluding hydrogens is 404 g/mol. The van der Waals surface area contributed by atoms with Crippen LogP contribution in [0.4, 0.5) is 26.1 Å². The van der Waals surface area contributed by atoms with Crippen molar-refractivity contribution in [2.75, 3.05) is 23.9 Å². The molecule has 3 aromatic rings. The fraction of sp³-hybridized carbons (Fsp3) is 0.381. The Labute approximate surface area is 178 Å². The van der Waals surface area contributed by atoms with Crippen molar-refractivity contribution in [3.8, 4) is 0 Å². The van der Waals surface area contributed by atoms with Crippen molar-refractivity contribution in [1.29, 1.82) is 0 Å². The maximum Gasteiger partial charge on any atom is 0.252 e. The lowest BCUT2D eigenvalue weighted by Crippen LogP contribution is -2.30. The van der Waals surface area contributed by atoms with E-state index in [4.69, 9.17) is 11.5 Å². The Morgan fingerprint density at radius 3 is 2.77 bits per heavy atom. The van der Waals surface area contributed by atoms with E-state index in [0.717, 1.165) is 36.2 Å². The van der Waals surface area contributed by atoms with Crippen LogP contribution >= 0.6 is 0 Å². The smallest absolute Gasteiger partial charge is 0.252 e. The molecule has 1 fully saturated rings. The average molecular weight is 429 g/mol. The Hall–Kier alpha value is -3.27. The first-order valence-corrected chi connectivity index (χ1v) is 10.2. The van der Waals surface area contributed by atoms with Crippen LogP contribution in [0.15, 0.2) is 30.5 Å². The van der Waals surface area contributed by atoms with Gasteiger partial charge in [-0.05, 0) is 36.6 Å². The number of nitrogens with zero attached hydrogens (tertiary/aromatic N) is 3. The quantitative estimate of drug-likeness (QED) is 0.393. The number of carbonyl (C=O) groups excluding carboxylic acids is 1. The third kappa shape index (κ3) is 4.74. The number of amides is 1. The van der Waals surface area contributed by atoms with E-state index in [1.807, 2.05) is 0 Å². The fourth-order valence-electron chi connectivity index (χ4n) is 3.60. The number of rotatable bonds is 10. The molecule has 0 bridgehead atoms. The number of carbonyl (C=O) groups is 1. The van der Waals surface area contributed by atoms with Gasteiger partial charge in [0.1, 0.15) is 12.5 Å². The van der Waals surface area contributed by atoms with Crippen molar-refractivity contribution in [3.05, 3.63) is 41.8 Å².